The predicted molar refractivity (Wildman–Crippen MR) is 146 cm³/mol. The lowest BCUT2D eigenvalue weighted by Crippen LogP contribution is -2.50. The van der Waals surface area contributed by atoms with Crippen LogP contribution in [0.4, 0.5) is 5.69 Å². The van der Waals surface area contributed by atoms with E-state index in [4.69, 9.17) is 9.47 Å². The van der Waals surface area contributed by atoms with E-state index in [-0.39, 0.29) is 17.3 Å². The van der Waals surface area contributed by atoms with Crippen molar-refractivity contribution in [2.24, 2.45) is 0 Å². The normalized spacial score (nSPS) is 17.5. The first-order chi connectivity index (χ1) is 18.3. The molecule has 0 unspecified atom stereocenters. The Balaban J connectivity index is 1.33. The minimum Gasteiger partial charge on any atom is -0.497 e. The SMILES string of the molecule is COc1ccc(S(=O)(=O)N2C[C@@H](C(=O)NCc3cccc(CN4CCCC4)c3)Oc3cc(C)ccc32)cc1. The van der Waals surface area contributed by atoms with Crippen molar-refractivity contribution >= 4 is 21.6 Å². The van der Waals surface area contributed by atoms with Gasteiger partial charge in [-0.15, -0.1) is 0 Å². The number of likely N-dealkylation sites (tertiary alicyclic amines) is 1. The van der Waals surface area contributed by atoms with Crippen LogP contribution in [0.15, 0.2) is 71.6 Å². The van der Waals surface area contributed by atoms with Crippen LogP contribution in [-0.4, -0.2) is 52.1 Å². The number of nitrogens with zero attached hydrogens (tertiary/aromatic N) is 2. The monoisotopic (exact) mass is 535 g/mol. The second kappa shape index (κ2) is 11.0. The zero-order chi connectivity index (χ0) is 26.7. The third-order valence-electron chi connectivity index (χ3n) is 6.99. The average Bonchev–Trinajstić information content (AvgIpc) is 3.44. The summed E-state index contributed by atoms with van der Waals surface area (Å²) in [7, 11) is -2.43. The number of nitrogens with one attached hydrogen (secondary N) is 1. The number of aryl methyl sites for hydroxylation is 1. The summed E-state index contributed by atoms with van der Waals surface area (Å²) in [6, 6.07) is 19.7. The fourth-order valence-corrected chi connectivity index (χ4v) is 6.42. The van der Waals surface area contributed by atoms with Gasteiger partial charge in [0.05, 0.1) is 24.2 Å². The number of amides is 1. The third-order valence-corrected chi connectivity index (χ3v) is 8.78. The molecule has 2 aliphatic heterocycles. The van der Waals surface area contributed by atoms with Crippen molar-refractivity contribution < 1.29 is 22.7 Å². The zero-order valence-corrected chi connectivity index (χ0v) is 22.5. The first kappa shape index (κ1) is 26.1. The van der Waals surface area contributed by atoms with Crippen LogP contribution < -0.4 is 19.1 Å². The van der Waals surface area contributed by atoms with Crippen molar-refractivity contribution in [3.63, 3.8) is 0 Å². The number of fused-ring (bicyclic) bond motifs is 1. The number of carbonyl (C=O) groups excluding carboxylic acids is 1. The number of benzene rings is 3. The van der Waals surface area contributed by atoms with E-state index in [1.807, 2.05) is 25.1 Å². The summed E-state index contributed by atoms with van der Waals surface area (Å²) >= 11 is 0. The Hall–Kier alpha value is -3.56. The largest absolute Gasteiger partial charge is 0.497 e. The molecule has 3 aromatic carbocycles. The molecule has 0 saturated carbocycles. The third kappa shape index (κ3) is 5.63. The molecule has 2 heterocycles. The van der Waals surface area contributed by atoms with Crippen LogP contribution in [0.3, 0.4) is 0 Å². The molecule has 1 atom stereocenters. The fourth-order valence-electron chi connectivity index (χ4n) is 4.94. The van der Waals surface area contributed by atoms with Gasteiger partial charge in [-0.05, 0) is 85.9 Å². The molecule has 1 fully saturated rings. The number of carbonyl (C=O) groups is 1. The van der Waals surface area contributed by atoms with E-state index in [1.165, 1.54) is 42.0 Å². The first-order valence-electron chi connectivity index (χ1n) is 12.9. The molecule has 38 heavy (non-hydrogen) atoms. The molecule has 2 aliphatic rings. The topological polar surface area (TPSA) is 88.2 Å². The molecular formula is C29H33N3O5S. The van der Waals surface area contributed by atoms with Gasteiger partial charge in [-0.1, -0.05) is 30.3 Å². The van der Waals surface area contributed by atoms with Crippen LogP contribution >= 0.6 is 0 Å². The molecule has 0 aliphatic carbocycles. The summed E-state index contributed by atoms with van der Waals surface area (Å²) in [5.41, 5.74) is 3.52. The van der Waals surface area contributed by atoms with Gasteiger partial charge in [0.1, 0.15) is 11.5 Å². The molecule has 0 spiro atoms. The summed E-state index contributed by atoms with van der Waals surface area (Å²) in [4.78, 5) is 15.8. The Bertz CT molecular complexity index is 1400. The highest BCUT2D eigenvalue weighted by atomic mass is 32.2. The van der Waals surface area contributed by atoms with Crippen LogP contribution in [-0.2, 0) is 27.9 Å². The number of ether oxygens (including phenoxy) is 2. The number of sulfonamides is 1. The van der Waals surface area contributed by atoms with E-state index in [0.29, 0.717) is 23.7 Å². The van der Waals surface area contributed by atoms with E-state index in [2.05, 4.69) is 22.3 Å². The molecule has 1 saturated heterocycles. The maximum Gasteiger partial charge on any atom is 0.264 e. The summed E-state index contributed by atoms with van der Waals surface area (Å²) in [6.45, 7) is 5.24. The highest BCUT2D eigenvalue weighted by Gasteiger charge is 2.37. The standard InChI is InChI=1S/C29H33N3O5S/c1-21-8-13-26-27(16-21)37-28(20-32(26)38(34,35)25-11-9-24(36-2)10-12-25)29(33)30-18-22-6-5-7-23(17-22)19-31-14-3-4-15-31/h5-13,16-17,28H,3-4,14-15,18-20H2,1-2H3,(H,30,33)/t28-/m0/s1. The second-order valence-corrected chi connectivity index (χ2v) is 11.7. The highest BCUT2D eigenvalue weighted by Crippen LogP contribution is 2.38. The van der Waals surface area contributed by atoms with Gasteiger partial charge in [-0.25, -0.2) is 8.42 Å². The van der Waals surface area contributed by atoms with Crippen LogP contribution in [0.2, 0.25) is 0 Å². The van der Waals surface area contributed by atoms with Crippen molar-refractivity contribution in [3.05, 3.63) is 83.4 Å². The van der Waals surface area contributed by atoms with E-state index < -0.39 is 16.1 Å². The van der Waals surface area contributed by atoms with E-state index in [9.17, 15) is 13.2 Å². The smallest absolute Gasteiger partial charge is 0.264 e. The number of anilines is 1. The van der Waals surface area contributed by atoms with Crippen LogP contribution in [0.5, 0.6) is 11.5 Å². The lowest BCUT2D eigenvalue weighted by Gasteiger charge is -2.35. The van der Waals surface area contributed by atoms with Gasteiger partial charge in [0.15, 0.2) is 6.10 Å². The number of rotatable bonds is 8. The summed E-state index contributed by atoms with van der Waals surface area (Å²) in [5.74, 6) is 0.557. The number of hydrogen-bond donors (Lipinski definition) is 1. The van der Waals surface area contributed by atoms with Crippen molar-refractivity contribution in [2.75, 3.05) is 31.0 Å². The van der Waals surface area contributed by atoms with Crippen LogP contribution in [0.25, 0.3) is 0 Å². The van der Waals surface area contributed by atoms with E-state index in [0.717, 1.165) is 30.8 Å². The maximum absolute atomic E-state index is 13.7. The van der Waals surface area contributed by atoms with Gasteiger partial charge in [0.25, 0.3) is 15.9 Å². The Morgan fingerprint density at radius 3 is 2.50 bits per heavy atom. The Morgan fingerprint density at radius 1 is 1.03 bits per heavy atom. The molecule has 200 valence electrons. The minimum atomic E-state index is -3.95. The summed E-state index contributed by atoms with van der Waals surface area (Å²) in [6.07, 6.45) is 1.49. The molecule has 0 bridgehead atoms. The quantitative estimate of drug-likeness (QED) is 0.471. The molecule has 8 nitrogen and oxygen atoms in total. The fraction of sp³-hybridized carbons (Fsp3) is 0.345. The van der Waals surface area contributed by atoms with Crippen molar-refractivity contribution in [3.8, 4) is 11.5 Å². The summed E-state index contributed by atoms with van der Waals surface area (Å²) < 4.78 is 39.8. The van der Waals surface area contributed by atoms with Gasteiger partial charge < -0.3 is 14.8 Å². The van der Waals surface area contributed by atoms with Gasteiger partial charge in [0.2, 0.25) is 0 Å². The van der Waals surface area contributed by atoms with Gasteiger partial charge in [0, 0.05) is 13.1 Å². The van der Waals surface area contributed by atoms with Crippen molar-refractivity contribution in [1.82, 2.24) is 10.2 Å². The molecule has 3 aromatic rings. The van der Waals surface area contributed by atoms with Crippen molar-refractivity contribution in [2.45, 2.75) is 43.9 Å². The van der Waals surface area contributed by atoms with E-state index in [1.54, 1.807) is 24.3 Å². The average molecular weight is 536 g/mol. The molecule has 5 rings (SSSR count). The maximum atomic E-state index is 13.7. The van der Waals surface area contributed by atoms with Gasteiger partial charge >= 0.3 is 0 Å². The molecule has 1 amide bonds. The molecule has 9 heteroatoms. The zero-order valence-electron chi connectivity index (χ0n) is 21.7. The molecule has 0 radical (unpaired) electrons. The number of hydrogen-bond acceptors (Lipinski definition) is 6. The van der Waals surface area contributed by atoms with Crippen molar-refractivity contribution in [1.29, 1.82) is 0 Å². The van der Waals surface area contributed by atoms with Crippen LogP contribution in [0.1, 0.15) is 29.5 Å². The summed E-state index contributed by atoms with van der Waals surface area (Å²) in [5, 5.41) is 2.95. The number of methoxy groups -OCH3 is 1. The predicted octanol–water partition coefficient (Wildman–Crippen LogP) is 3.87. The highest BCUT2D eigenvalue weighted by molar-refractivity contribution is 7.92. The first-order valence-corrected chi connectivity index (χ1v) is 14.3. The Morgan fingerprint density at radius 2 is 1.76 bits per heavy atom. The second-order valence-electron chi connectivity index (χ2n) is 9.81. The molecule has 1 N–H and O–H groups in total. The molecular weight excluding hydrogens is 502 g/mol. The lowest BCUT2D eigenvalue weighted by molar-refractivity contribution is -0.127. The van der Waals surface area contributed by atoms with Gasteiger partial charge in [-0.2, -0.15) is 0 Å². The van der Waals surface area contributed by atoms with Crippen LogP contribution in [0, 0.1) is 6.92 Å². The minimum absolute atomic E-state index is 0.112. The lowest BCUT2D eigenvalue weighted by atomic mass is 10.1. The Labute approximate surface area is 224 Å². The van der Waals surface area contributed by atoms with E-state index >= 15 is 0 Å². The van der Waals surface area contributed by atoms with Gasteiger partial charge in [-0.3, -0.25) is 14.0 Å². The Kier molecular flexibility index (Phi) is 7.58. The molecule has 0 aromatic heterocycles.